The number of allylic oxidation sites excluding steroid dienone is 1. The Labute approximate surface area is 351 Å². The molecule has 5 aromatic carbocycles. The van der Waals surface area contributed by atoms with Crippen LogP contribution in [0, 0.1) is 5.82 Å². The van der Waals surface area contributed by atoms with Crippen molar-refractivity contribution >= 4 is 22.8 Å². The van der Waals surface area contributed by atoms with Crippen LogP contribution in [0.15, 0.2) is 137 Å². The van der Waals surface area contributed by atoms with Crippen molar-refractivity contribution in [2.75, 3.05) is 33.5 Å². The number of ether oxygens (including phenoxy) is 5. The number of aromatic nitrogens is 3. The van der Waals surface area contributed by atoms with Crippen LogP contribution in [-0.2, 0) is 24.3 Å². The maximum absolute atomic E-state index is 13.5. The fourth-order valence-electron chi connectivity index (χ4n) is 6.36. The van der Waals surface area contributed by atoms with E-state index in [1.54, 1.807) is 36.1 Å². The molecule has 0 atom stereocenters. The second-order valence-electron chi connectivity index (χ2n) is 13.9. The van der Waals surface area contributed by atoms with Gasteiger partial charge in [-0.05, 0) is 109 Å². The molecule has 13 heteroatoms. The molecule has 0 fully saturated rings. The molecule has 0 aliphatic rings. The maximum Gasteiger partial charge on any atom is 0.235 e. The zero-order valence-electron chi connectivity index (χ0n) is 33.5. The molecule has 0 bridgehead atoms. The molecule has 2 heterocycles. The number of phenols is 1. The number of aryl methyl sites for hydroxylation is 1. The van der Waals surface area contributed by atoms with Gasteiger partial charge in [0.25, 0.3) is 0 Å². The van der Waals surface area contributed by atoms with Crippen molar-refractivity contribution in [1.82, 2.24) is 15.0 Å². The van der Waals surface area contributed by atoms with E-state index in [4.69, 9.17) is 28.1 Å². The number of ketones is 1. The van der Waals surface area contributed by atoms with Gasteiger partial charge in [-0.2, -0.15) is 0 Å². The monoisotopic (exact) mass is 825 g/mol. The van der Waals surface area contributed by atoms with Crippen LogP contribution >= 0.6 is 0 Å². The Kier molecular flexibility index (Phi) is 14.2. The largest absolute Gasteiger partial charge is 0.507 e. The molecule has 1 N–H and O–H groups in total. The molecule has 7 rings (SSSR count). The number of rotatable bonds is 21. The van der Waals surface area contributed by atoms with E-state index >= 15 is 0 Å². The molecule has 12 nitrogen and oxygen atoms in total. The van der Waals surface area contributed by atoms with Crippen LogP contribution in [0.25, 0.3) is 28.4 Å². The van der Waals surface area contributed by atoms with Gasteiger partial charge in [0.1, 0.15) is 47.6 Å². The van der Waals surface area contributed by atoms with Gasteiger partial charge in [-0.1, -0.05) is 47.7 Å². The van der Waals surface area contributed by atoms with Gasteiger partial charge in [0, 0.05) is 17.8 Å². The molecule has 312 valence electrons. The number of hydrogen-bond donors (Lipinski definition) is 1. The molecule has 0 radical (unpaired) electrons. The summed E-state index contributed by atoms with van der Waals surface area (Å²) in [6.45, 7) is 2.42. The third-order valence-corrected chi connectivity index (χ3v) is 9.57. The van der Waals surface area contributed by atoms with Crippen molar-refractivity contribution in [3.8, 4) is 40.1 Å². The molecule has 0 saturated carbocycles. The molecule has 0 aliphatic heterocycles. The summed E-state index contributed by atoms with van der Waals surface area (Å²) < 4.78 is 50.2. The Bertz CT molecular complexity index is 2640. The highest BCUT2D eigenvalue weighted by atomic mass is 19.1. The summed E-state index contributed by atoms with van der Waals surface area (Å²) in [5.41, 5.74) is 3.45. The van der Waals surface area contributed by atoms with Gasteiger partial charge >= 0.3 is 0 Å². The fourth-order valence-corrected chi connectivity index (χ4v) is 6.36. The summed E-state index contributed by atoms with van der Waals surface area (Å²) in [7, 11) is 1.60. The van der Waals surface area contributed by atoms with E-state index in [1.165, 1.54) is 12.1 Å². The number of unbranched alkanes of at least 4 members (excludes halogenated alkanes) is 1. The minimum absolute atomic E-state index is 0.0365. The Hall–Kier alpha value is -7.25. The number of benzene rings is 5. The van der Waals surface area contributed by atoms with Crippen molar-refractivity contribution < 1.29 is 42.4 Å². The van der Waals surface area contributed by atoms with Crippen molar-refractivity contribution in [3.63, 3.8) is 0 Å². The van der Waals surface area contributed by atoms with Gasteiger partial charge in [-0.3, -0.25) is 9.59 Å². The number of carbonyl (C=O) groups excluding carboxylic acids is 1. The number of aromatic hydroxyl groups is 1. The van der Waals surface area contributed by atoms with Crippen molar-refractivity contribution in [1.29, 1.82) is 0 Å². The average molecular weight is 826 g/mol. The first-order valence-corrected chi connectivity index (χ1v) is 19.8. The first-order chi connectivity index (χ1) is 29.8. The minimum atomic E-state index is -0.609. The SMILES string of the molecule is COc1cccc(COc2c(-c3ccc(OCCOCCn4cc(CCCCOc5ccc(/C=C/C(=O)c6ccc(F)cc6O)cc5)nn4)cc3)oc3ccccc3c2=O)c1. The molecule has 0 aliphatic carbocycles. The zero-order valence-corrected chi connectivity index (χ0v) is 33.5. The molecule has 7 aromatic rings. The number of phenolic OH excluding ortho intramolecular Hbond substituents is 1. The molecule has 0 amide bonds. The van der Waals surface area contributed by atoms with E-state index in [1.807, 2.05) is 85.1 Å². The highest BCUT2D eigenvalue weighted by Crippen LogP contribution is 2.33. The molecular weight excluding hydrogens is 782 g/mol. The molecule has 0 saturated heterocycles. The van der Waals surface area contributed by atoms with E-state index in [0.29, 0.717) is 72.5 Å². The van der Waals surface area contributed by atoms with E-state index in [9.17, 15) is 19.1 Å². The second-order valence-corrected chi connectivity index (χ2v) is 13.9. The highest BCUT2D eigenvalue weighted by Gasteiger charge is 2.18. The van der Waals surface area contributed by atoms with Crippen LogP contribution in [0.2, 0.25) is 0 Å². The predicted octanol–water partition coefficient (Wildman–Crippen LogP) is 8.88. The van der Waals surface area contributed by atoms with Crippen molar-refractivity contribution in [2.45, 2.75) is 32.4 Å². The van der Waals surface area contributed by atoms with Crippen LogP contribution < -0.4 is 24.4 Å². The topological polar surface area (TPSA) is 144 Å². The first kappa shape index (κ1) is 41.9. The number of fused-ring (bicyclic) bond motifs is 1. The van der Waals surface area contributed by atoms with E-state index in [0.717, 1.165) is 48.2 Å². The number of nitrogens with zero attached hydrogens (tertiary/aromatic N) is 3. The summed E-state index contributed by atoms with van der Waals surface area (Å²) in [5, 5.41) is 18.7. The first-order valence-electron chi connectivity index (χ1n) is 19.8. The van der Waals surface area contributed by atoms with Gasteiger partial charge in [0.2, 0.25) is 11.2 Å². The average Bonchev–Trinajstić information content (AvgIpc) is 3.74. The summed E-state index contributed by atoms with van der Waals surface area (Å²) in [5.74, 6) is 1.09. The van der Waals surface area contributed by atoms with Gasteiger partial charge in [0.05, 0.1) is 50.1 Å². The predicted molar refractivity (Wildman–Crippen MR) is 228 cm³/mol. The standard InChI is InChI=1S/C48H44FN3O9/c1-56-40-9-6-7-34(29-40)32-60-48-46(55)42-10-2-3-11-45(42)61-47(48)35-15-20-39(21-16-35)59-28-27-57-26-24-52-31-37(50-51-52)8-4-5-25-58-38-18-12-33(13-19-38)14-23-43(53)41-22-17-36(49)30-44(41)54/h2-3,6-7,9-23,29-31,54H,4-5,8,24-28,32H2,1H3/b23-14+. The molecule has 2 aromatic heterocycles. The number of para-hydroxylation sites is 1. The maximum atomic E-state index is 13.5. The lowest BCUT2D eigenvalue weighted by atomic mass is 10.1. The number of halogens is 1. The smallest absolute Gasteiger partial charge is 0.235 e. The van der Waals surface area contributed by atoms with Gasteiger partial charge in [-0.15, -0.1) is 5.10 Å². The Morgan fingerprint density at radius 2 is 1.61 bits per heavy atom. The minimum Gasteiger partial charge on any atom is -0.507 e. The third kappa shape index (κ3) is 11.5. The zero-order chi connectivity index (χ0) is 42.4. The van der Waals surface area contributed by atoms with E-state index < -0.39 is 17.3 Å². The number of hydrogen-bond acceptors (Lipinski definition) is 11. The molecule has 0 unspecified atom stereocenters. The number of carbonyl (C=O) groups is 1. The van der Waals surface area contributed by atoms with Crippen LogP contribution in [0.4, 0.5) is 4.39 Å². The summed E-state index contributed by atoms with van der Waals surface area (Å²) in [6.07, 6.45) is 7.35. The summed E-state index contributed by atoms with van der Waals surface area (Å²) in [4.78, 5) is 25.9. The Balaban J connectivity index is 0.793. The van der Waals surface area contributed by atoms with Crippen LogP contribution in [0.1, 0.15) is 40.0 Å². The lowest BCUT2D eigenvalue weighted by Gasteiger charge is -2.13. The third-order valence-electron chi connectivity index (χ3n) is 9.57. The summed E-state index contributed by atoms with van der Waals surface area (Å²) in [6, 6.07) is 32.5. The molecule has 0 spiro atoms. The second kappa shape index (κ2) is 20.6. The van der Waals surface area contributed by atoms with E-state index in [2.05, 4.69) is 10.3 Å². The van der Waals surface area contributed by atoms with Gasteiger partial charge in [0.15, 0.2) is 11.5 Å². The normalized spacial score (nSPS) is 11.2. The summed E-state index contributed by atoms with van der Waals surface area (Å²) >= 11 is 0. The van der Waals surface area contributed by atoms with Crippen molar-refractivity contribution in [3.05, 3.63) is 166 Å². The van der Waals surface area contributed by atoms with Crippen LogP contribution in [0.5, 0.6) is 28.7 Å². The molecule has 61 heavy (non-hydrogen) atoms. The van der Waals surface area contributed by atoms with Crippen LogP contribution in [-0.4, -0.2) is 59.4 Å². The van der Waals surface area contributed by atoms with Crippen LogP contribution in [0.3, 0.4) is 0 Å². The highest BCUT2D eigenvalue weighted by molar-refractivity contribution is 6.08. The lowest BCUT2D eigenvalue weighted by molar-refractivity contribution is 0.0923. The van der Waals surface area contributed by atoms with Gasteiger partial charge in [-0.25, -0.2) is 9.07 Å². The quantitative estimate of drug-likeness (QED) is 0.0422. The Morgan fingerprint density at radius 3 is 2.41 bits per heavy atom. The van der Waals surface area contributed by atoms with Gasteiger partial charge < -0.3 is 33.2 Å². The van der Waals surface area contributed by atoms with Crippen molar-refractivity contribution in [2.24, 2.45) is 0 Å². The van der Waals surface area contributed by atoms with E-state index in [-0.39, 0.29) is 23.3 Å². The molecular formula is C48H44FN3O9. The Morgan fingerprint density at radius 1 is 0.820 bits per heavy atom. The fraction of sp³-hybridized carbons (Fsp3) is 0.208. The number of methoxy groups -OCH3 is 1. The lowest BCUT2D eigenvalue weighted by Crippen LogP contribution is -2.12.